The van der Waals surface area contributed by atoms with Crippen LogP contribution >= 0.6 is 0 Å². The Morgan fingerprint density at radius 3 is 2.68 bits per heavy atom. The number of pyridine rings is 1. The molecule has 2 atom stereocenters. The molecule has 1 N–H and O–H groups in total. The molecule has 25 heavy (non-hydrogen) atoms. The van der Waals surface area contributed by atoms with Crippen LogP contribution in [0.2, 0.25) is 0 Å². The van der Waals surface area contributed by atoms with Gasteiger partial charge in [0.2, 0.25) is 0 Å². The molecule has 0 radical (unpaired) electrons. The number of hydrogen-bond donors (Lipinski definition) is 1. The van der Waals surface area contributed by atoms with Gasteiger partial charge < -0.3 is 19.5 Å². The highest BCUT2D eigenvalue weighted by Gasteiger charge is 2.39. The van der Waals surface area contributed by atoms with E-state index in [1.165, 1.54) is 0 Å². The van der Waals surface area contributed by atoms with Crippen LogP contribution in [0.1, 0.15) is 11.1 Å². The Labute approximate surface area is 149 Å². The summed E-state index contributed by atoms with van der Waals surface area (Å²) in [6.07, 6.45) is 2.33. The number of rotatable bonds is 4. The van der Waals surface area contributed by atoms with Crippen molar-refractivity contribution in [2.24, 2.45) is 0 Å². The molecule has 1 saturated heterocycles. The number of hydrogen-bond acceptors (Lipinski definition) is 6. The summed E-state index contributed by atoms with van der Waals surface area (Å²) in [4.78, 5) is 6.63. The van der Waals surface area contributed by atoms with Gasteiger partial charge >= 0.3 is 0 Å². The Bertz CT molecular complexity index is 750. The molecule has 1 aromatic carbocycles. The van der Waals surface area contributed by atoms with Gasteiger partial charge in [0.1, 0.15) is 5.82 Å². The second-order valence-electron chi connectivity index (χ2n) is 6.49. The fraction of sp³-hybridized carbons (Fsp3) is 0.389. The van der Waals surface area contributed by atoms with Crippen LogP contribution in [-0.2, 0) is 27.8 Å². The normalized spacial score (nSPS) is 23.8. The predicted molar refractivity (Wildman–Crippen MR) is 96.5 cm³/mol. The number of benzene rings is 1. The first-order chi connectivity index (χ1) is 12.2. The molecule has 1 aromatic heterocycles. The Morgan fingerprint density at radius 2 is 2.00 bits per heavy atom. The maximum Gasteiger partial charge on any atom is 0.129 e. The highest BCUT2D eigenvalue weighted by molar-refractivity contribution is 7.79. The third kappa shape index (κ3) is 3.27. The fourth-order valence-electron chi connectivity index (χ4n) is 3.65. The summed E-state index contributed by atoms with van der Waals surface area (Å²) >= 11 is -2.16. The van der Waals surface area contributed by atoms with Gasteiger partial charge in [0.25, 0.3) is 0 Å². The van der Waals surface area contributed by atoms with Crippen LogP contribution in [0.3, 0.4) is 0 Å². The summed E-state index contributed by atoms with van der Waals surface area (Å²) in [5, 5.41) is 3.36. The summed E-state index contributed by atoms with van der Waals surface area (Å²) in [5.41, 5.74) is 2.49. The fourth-order valence-corrected chi connectivity index (χ4v) is 4.39. The monoisotopic (exact) mass is 358 g/mol. The molecule has 0 aliphatic carbocycles. The highest BCUT2D eigenvalue weighted by atomic mass is 32.2. The van der Waals surface area contributed by atoms with Crippen LogP contribution < -0.4 is 10.2 Å². The molecule has 0 bridgehead atoms. The summed E-state index contributed by atoms with van der Waals surface area (Å²) in [6.45, 7) is 3.23. The molecule has 0 saturated carbocycles. The van der Waals surface area contributed by atoms with E-state index in [9.17, 15) is 8.76 Å². The molecule has 2 unspecified atom stereocenters. The van der Waals surface area contributed by atoms with Crippen molar-refractivity contribution < 1.29 is 13.5 Å². The topological polar surface area (TPSA) is 77.5 Å². The van der Waals surface area contributed by atoms with Crippen LogP contribution in [0.15, 0.2) is 42.6 Å². The average molecular weight is 358 g/mol. The minimum Gasteiger partial charge on any atom is -0.772 e. The summed E-state index contributed by atoms with van der Waals surface area (Å²) in [7, 11) is 0. The van der Waals surface area contributed by atoms with Crippen molar-refractivity contribution in [3.8, 4) is 0 Å². The zero-order valence-corrected chi connectivity index (χ0v) is 14.6. The molecule has 2 aromatic rings. The van der Waals surface area contributed by atoms with Gasteiger partial charge in [-0.1, -0.05) is 29.3 Å². The Hall–Kier alpha value is -1.96. The zero-order chi connectivity index (χ0) is 17.3. The van der Waals surface area contributed by atoms with Crippen molar-refractivity contribution in [3.05, 3.63) is 53.7 Å². The van der Waals surface area contributed by atoms with E-state index >= 15 is 0 Å². The maximum absolute atomic E-state index is 11.5. The van der Waals surface area contributed by atoms with Gasteiger partial charge in [0.15, 0.2) is 0 Å². The van der Waals surface area contributed by atoms with Crippen LogP contribution in [0, 0.1) is 0 Å². The Kier molecular flexibility index (Phi) is 4.45. The standard InChI is InChI=1S/C18H21N3O3S/c22-25(23)13-18(12-14-2-1-7-19-17(14)20-18)15-3-5-16(6-4-15)21-8-10-24-11-9-21/h1-7H,8-13H2,(H,19,20)(H,22,23)/p-1. The lowest BCUT2D eigenvalue weighted by molar-refractivity contribution is 0.122. The number of nitrogens with zero attached hydrogens (tertiary/aromatic N) is 2. The quantitative estimate of drug-likeness (QED) is 0.838. The van der Waals surface area contributed by atoms with E-state index in [4.69, 9.17) is 4.74 Å². The minimum atomic E-state index is -2.16. The number of ether oxygens (including phenoxy) is 1. The van der Waals surface area contributed by atoms with Gasteiger partial charge in [-0.25, -0.2) is 4.98 Å². The summed E-state index contributed by atoms with van der Waals surface area (Å²) in [5.74, 6) is 0.783. The van der Waals surface area contributed by atoms with Gasteiger partial charge in [-0.3, -0.25) is 4.21 Å². The van der Waals surface area contributed by atoms with Gasteiger partial charge in [0.05, 0.1) is 18.8 Å². The van der Waals surface area contributed by atoms with Gasteiger partial charge in [-0.2, -0.15) is 0 Å². The van der Waals surface area contributed by atoms with Crippen molar-refractivity contribution in [1.82, 2.24) is 4.98 Å². The van der Waals surface area contributed by atoms with E-state index in [1.54, 1.807) is 6.20 Å². The van der Waals surface area contributed by atoms with Gasteiger partial charge in [0, 0.05) is 37.1 Å². The van der Waals surface area contributed by atoms with Crippen molar-refractivity contribution in [2.75, 3.05) is 42.3 Å². The molecule has 6 nitrogen and oxygen atoms in total. The summed E-state index contributed by atoms with van der Waals surface area (Å²) < 4.78 is 28.4. The predicted octanol–water partition coefficient (Wildman–Crippen LogP) is 1.66. The molecule has 1 fully saturated rings. The third-order valence-electron chi connectivity index (χ3n) is 4.90. The van der Waals surface area contributed by atoms with Crippen molar-refractivity contribution >= 4 is 22.6 Å². The molecular weight excluding hydrogens is 338 g/mol. The van der Waals surface area contributed by atoms with Gasteiger partial charge in [-0.15, -0.1) is 0 Å². The number of aromatic nitrogens is 1. The second-order valence-corrected chi connectivity index (χ2v) is 7.39. The SMILES string of the molecule is O=S([O-])CC1(c2ccc(N3CCOCC3)cc2)Cc2cccnc2N1. The number of anilines is 2. The van der Waals surface area contributed by atoms with E-state index in [2.05, 4.69) is 27.3 Å². The number of nitrogens with one attached hydrogen (secondary N) is 1. The van der Waals surface area contributed by atoms with Crippen LogP contribution in [0.4, 0.5) is 11.5 Å². The lowest BCUT2D eigenvalue weighted by Crippen LogP contribution is -2.39. The van der Waals surface area contributed by atoms with E-state index in [-0.39, 0.29) is 5.75 Å². The van der Waals surface area contributed by atoms with Crippen molar-refractivity contribution in [2.45, 2.75) is 12.0 Å². The zero-order valence-electron chi connectivity index (χ0n) is 13.8. The summed E-state index contributed by atoms with van der Waals surface area (Å²) in [6, 6.07) is 12.1. The van der Waals surface area contributed by atoms with E-state index in [0.717, 1.165) is 48.9 Å². The molecule has 3 heterocycles. The van der Waals surface area contributed by atoms with Crippen molar-refractivity contribution in [1.29, 1.82) is 0 Å². The van der Waals surface area contributed by atoms with Crippen molar-refractivity contribution in [3.63, 3.8) is 0 Å². The molecule has 4 rings (SSSR count). The molecule has 0 amide bonds. The maximum atomic E-state index is 11.5. The molecule has 2 aliphatic heterocycles. The first-order valence-corrected chi connectivity index (χ1v) is 9.62. The van der Waals surface area contributed by atoms with E-state index in [1.807, 2.05) is 24.3 Å². The smallest absolute Gasteiger partial charge is 0.129 e. The molecule has 7 heteroatoms. The largest absolute Gasteiger partial charge is 0.772 e. The van der Waals surface area contributed by atoms with Crippen LogP contribution in [0.25, 0.3) is 0 Å². The van der Waals surface area contributed by atoms with Crippen LogP contribution in [0.5, 0.6) is 0 Å². The molecule has 2 aliphatic rings. The lowest BCUT2D eigenvalue weighted by Gasteiger charge is -2.33. The molecule has 0 spiro atoms. The first-order valence-electron chi connectivity index (χ1n) is 8.37. The number of fused-ring (bicyclic) bond motifs is 1. The first kappa shape index (κ1) is 16.5. The van der Waals surface area contributed by atoms with E-state index < -0.39 is 16.6 Å². The highest BCUT2D eigenvalue weighted by Crippen LogP contribution is 2.39. The second kappa shape index (κ2) is 6.74. The van der Waals surface area contributed by atoms with E-state index in [0.29, 0.717) is 6.42 Å². The number of morpholine rings is 1. The molecular formula is C18H20N3O3S-. The Morgan fingerprint density at radius 1 is 1.24 bits per heavy atom. The third-order valence-corrected chi connectivity index (χ3v) is 5.63. The Balaban J connectivity index is 1.63. The molecule has 132 valence electrons. The lowest BCUT2D eigenvalue weighted by atomic mass is 9.88. The minimum absolute atomic E-state index is 0.0141. The van der Waals surface area contributed by atoms with Crippen LogP contribution in [-0.4, -0.2) is 45.8 Å². The van der Waals surface area contributed by atoms with Gasteiger partial charge in [-0.05, 0) is 29.3 Å². The average Bonchev–Trinajstić information content (AvgIpc) is 3.01.